The van der Waals surface area contributed by atoms with Crippen LogP contribution in [0.5, 0.6) is 5.75 Å². The van der Waals surface area contributed by atoms with E-state index in [1.807, 2.05) is 24.3 Å². The molecule has 0 bridgehead atoms. The minimum atomic E-state index is -0.731. The van der Waals surface area contributed by atoms with Crippen LogP contribution < -0.4 is 15.4 Å². The number of hydrogen-bond acceptors (Lipinski definition) is 4. The van der Waals surface area contributed by atoms with Crippen molar-refractivity contribution in [1.29, 1.82) is 0 Å². The van der Waals surface area contributed by atoms with Crippen LogP contribution in [0.3, 0.4) is 0 Å². The number of hydrogen-bond donors (Lipinski definition) is 2. The molecule has 2 N–H and O–H groups in total. The molecular formula is C14H16N2O4. The number of carbonyl (C=O) groups excluding carboxylic acids is 3. The summed E-state index contributed by atoms with van der Waals surface area (Å²) in [6, 6.07) is 6.70. The molecule has 3 amide bonds. The second-order valence-electron chi connectivity index (χ2n) is 4.58. The van der Waals surface area contributed by atoms with Gasteiger partial charge in [-0.2, -0.15) is 0 Å². The Morgan fingerprint density at radius 1 is 1.35 bits per heavy atom. The van der Waals surface area contributed by atoms with Gasteiger partial charge in [-0.05, 0) is 24.1 Å². The molecule has 0 aromatic heterocycles. The fourth-order valence-electron chi connectivity index (χ4n) is 1.99. The SMILES string of the molecule is COc1ccc(CCC(=O)NC2CC(=O)NC2=O)cc1. The Kier molecular flexibility index (Phi) is 4.34. The number of ether oxygens (including phenoxy) is 1. The molecule has 1 unspecified atom stereocenters. The number of methoxy groups -OCH3 is 1. The lowest BCUT2D eigenvalue weighted by molar-refractivity contribution is -0.128. The van der Waals surface area contributed by atoms with Crippen molar-refractivity contribution in [3.05, 3.63) is 29.8 Å². The molecule has 0 aliphatic carbocycles. The maximum absolute atomic E-state index is 11.7. The minimum absolute atomic E-state index is 0.0209. The minimum Gasteiger partial charge on any atom is -0.497 e. The molecular weight excluding hydrogens is 260 g/mol. The van der Waals surface area contributed by atoms with Crippen LogP contribution in [0.4, 0.5) is 0 Å². The number of aryl methyl sites for hydroxylation is 1. The van der Waals surface area contributed by atoms with E-state index in [1.54, 1.807) is 7.11 Å². The number of amides is 3. The molecule has 1 fully saturated rings. The van der Waals surface area contributed by atoms with E-state index in [1.165, 1.54) is 0 Å². The third-order valence-corrected chi connectivity index (χ3v) is 3.10. The van der Waals surface area contributed by atoms with Gasteiger partial charge in [0.15, 0.2) is 0 Å². The lowest BCUT2D eigenvalue weighted by Crippen LogP contribution is -2.40. The highest BCUT2D eigenvalue weighted by Gasteiger charge is 2.31. The van der Waals surface area contributed by atoms with Crippen LogP contribution in [-0.2, 0) is 20.8 Å². The molecule has 1 aliphatic rings. The maximum atomic E-state index is 11.7. The summed E-state index contributed by atoms with van der Waals surface area (Å²) in [6.45, 7) is 0. The second-order valence-corrected chi connectivity index (χ2v) is 4.58. The lowest BCUT2D eigenvalue weighted by Gasteiger charge is -2.09. The molecule has 1 aromatic carbocycles. The van der Waals surface area contributed by atoms with Crippen molar-refractivity contribution in [1.82, 2.24) is 10.6 Å². The van der Waals surface area contributed by atoms with Gasteiger partial charge < -0.3 is 10.1 Å². The largest absolute Gasteiger partial charge is 0.497 e. The van der Waals surface area contributed by atoms with Crippen molar-refractivity contribution in [3.63, 3.8) is 0 Å². The van der Waals surface area contributed by atoms with Gasteiger partial charge in [-0.15, -0.1) is 0 Å². The van der Waals surface area contributed by atoms with Crippen LogP contribution >= 0.6 is 0 Å². The number of carbonyl (C=O) groups is 3. The van der Waals surface area contributed by atoms with E-state index in [4.69, 9.17) is 4.74 Å². The molecule has 6 heteroatoms. The van der Waals surface area contributed by atoms with Gasteiger partial charge >= 0.3 is 0 Å². The zero-order valence-corrected chi connectivity index (χ0v) is 11.1. The zero-order chi connectivity index (χ0) is 14.5. The monoisotopic (exact) mass is 276 g/mol. The van der Waals surface area contributed by atoms with Gasteiger partial charge in [0, 0.05) is 6.42 Å². The molecule has 6 nitrogen and oxygen atoms in total. The molecule has 1 aliphatic heterocycles. The molecule has 0 radical (unpaired) electrons. The lowest BCUT2D eigenvalue weighted by atomic mass is 10.1. The summed E-state index contributed by atoms with van der Waals surface area (Å²) in [5.74, 6) is -0.265. The molecule has 1 aromatic rings. The van der Waals surface area contributed by atoms with Crippen molar-refractivity contribution < 1.29 is 19.1 Å². The van der Waals surface area contributed by atoms with Gasteiger partial charge in [0.05, 0.1) is 13.5 Å². The third kappa shape index (κ3) is 3.57. The smallest absolute Gasteiger partial charge is 0.249 e. The summed E-state index contributed by atoms with van der Waals surface area (Å²) in [6.07, 6.45) is 0.857. The van der Waals surface area contributed by atoms with Crippen LogP contribution in [0.2, 0.25) is 0 Å². The third-order valence-electron chi connectivity index (χ3n) is 3.10. The molecule has 1 heterocycles. The van der Waals surface area contributed by atoms with E-state index in [9.17, 15) is 14.4 Å². The zero-order valence-electron chi connectivity index (χ0n) is 11.1. The van der Waals surface area contributed by atoms with Gasteiger partial charge in [0.2, 0.25) is 17.7 Å². The van der Waals surface area contributed by atoms with Crippen LogP contribution in [0.15, 0.2) is 24.3 Å². The highest BCUT2D eigenvalue weighted by Crippen LogP contribution is 2.12. The fraction of sp³-hybridized carbons (Fsp3) is 0.357. The van der Waals surface area contributed by atoms with Crippen molar-refractivity contribution in [2.24, 2.45) is 0 Å². The van der Waals surface area contributed by atoms with Crippen LogP contribution in [0.1, 0.15) is 18.4 Å². The Labute approximate surface area is 116 Å². The van der Waals surface area contributed by atoms with Crippen molar-refractivity contribution in [2.45, 2.75) is 25.3 Å². The van der Waals surface area contributed by atoms with Gasteiger partial charge in [-0.1, -0.05) is 12.1 Å². The number of benzene rings is 1. The molecule has 106 valence electrons. The first-order valence-corrected chi connectivity index (χ1v) is 6.34. The Morgan fingerprint density at radius 3 is 2.60 bits per heavy atom. The van der Waals surface area contributed by atoms with E-state index in [-0.39, 0.29) is 24.7 Å². The summed E-state index contributed by atoms with van der Waals surface area (Å²) in [4.78, 5) is 34.0. The first-order valence-electron chi connectivity index (χ1n) is 6.34. The van der Waals surface area contributed by atoms with Crippen LogP contribution in [0.25, 0.3) is 0 Å². The predicted octanol–water partition coefficient (Wildman–Crippen LogP) is 0.159. The van der Waals surface area contributed by atoms with Gasteiger partial charge in [-0.25, -0.2) is 0 Å². The Bertz CT molecular complexity index is 524. The number of nitrogens with one attached hydrogen (secondary N) is 2. The molecule has 1 saturated heterocycles. The molecule has 0 saturated carbocycles. The quantitative estimate of drug-likeness (QED) is 0.750. The summed E-state index contributed by atoms with van der Waals surface area (Å²) >= 11 is 0. The summed E-state index contributed by atoms with van der Waals surface area (Å²) in [5.41, 5.74) is 1.01. The van der Waals surface area contributed by atoms with Gasteiger partial charge in [0.1, 0.15) is 11.8 Å². The standard InChI is InChI=1S/C14H16N2O4/c1-20-10-5-2-9(3-6-10)4-7-12(17)15-11-8-13(18)16-14(11)19/h2-3,5-6,11H,4,7-8H2,1H3,(H,15,17)(H,16,18,19). The van der Waals surface area contributed by atoms with Crippen molar-refractivity contribution in [3.8, 4) is 5.75 Å². The average molecular weight is 276 g/mol. The second kappa shape index (κ2) is 6.18. The van der Waals surface area contributed by atoms with E-state index < -0.39 is 11.9 Å². The summed E-state index contributed by atoms with van der Waals surface area (Å²) in [5, 5.41) is 4.71. The highest BCUT2D eigenvalue weighted by molar-refractivity contribution is 6.06. The van der Waals surface area contributed by atoms with E-state index in [0.29, 0.717) is 6.42 Å². The Balaban J connectivity index is 1.80. The highest BCUT2D eigenvalue weighted by atomic mass is 16.5. The molecule has 1 atom stereocenters. The average Bonchev–Trinajstić information content (AvgIpc) is 2.75. The fourth-order valence-corrected chi connectivity index (χ4v) is 1.99. The van der Waals surface area contributed by atoms with Gasteiger partial charge in [-0.3, -0.25) is 19.7 Å². The van der Waals surface area contributed by atoms with Crippen LogP contribution in [-0.4, -0.2) is 30.9 Å². The number of imide groups is 1. The summed E-state index contributed by atoms with van der Waals surface area (Å²) in [7, 11) is 1.59. The summed E-state index contributed by atoms with van der Waals surface area (Å²) < 4.78 is 5.05. The Hall–Kier alpha value is -2.37. The van der Waals surface area contributed by atoms with Crippen LogP contribution in [0, 0.1) is 0 Å². The Morgan fingerprint density at radius 2 is 2.05 bits per heavy atom. The molecule has 0 spiro atoms. The topological polar surface area (TPSA) is 84.5 Å². The van der Waals surface area contributed by atoms with E-state index in [2.05, 4.69) is 10.6 Å². The number of rotatable bonds is 5. The van der Waals surface area contributed by atoms with E-state index in [0.717, 1.165) is 11.3 Å². The predicted molar refractivity (Wildman–Crippen MR) is 71.0 cm³/mol. The first-order chi connectivity index (χ1) is 9.58. The maximum Gasteiger partial charge on any atom is 0.249 e. The van der Waals surface area contributed by atoms with E-state index >= 15 is 0 Å². The molecule has 20 heavy (non-hydrogen) atoms. The van der Waals surface area contributed by atoms with Crippen molar-refractivity contribution >= 4 is 17.7 Å². The molecule has 2 rings (SSSR count). The normalized spacial score (nSPS) is 17.8. The van der Waals surface area contributed by atoms with Crippen molar-refractivity contribution in [2.75, 3.05) is 7.11 Å². The van der Waals surface area contributed by atoms with Gasteiger partial charge in [0.25, 0.3) is 0 Å². The first kappa shape index (κ1) is 14.0.